The predicted octanol–water partition coefficient (Wildman–Crippen LogP) is 1.57. The highest BCUT2D eigenvalue weighted by Crippen LogP contribution is 2.20. The van der Waals surface area contributed by atoms with Gasteiger partial charge in [-0.05, 0) is 6.42 Å². The number of carbonyl (C=O) groups is 1. The minimum atomic E-state index is -1.18. The van der Waals surface area contributed by atoms with Crippen molar-refractivity contribution in [3.05, 3.63) is 30.5 Å². The van der Waals surface area contributed by atoms with Crippen LogP contribution in [0.4, 0.5) is 0 Å². The van der Waals surface area contributed by atoms with Gasteiger partial charge >= 0.3 is 5.97 Å². The summed E-state index contributed by atoms with van der Waals surface area (Å²) >= 11 is 0. The molecule has 0 amide bonds. The molecular weight excluding hydrogens is 236 g/mol. The van der Waals surface area contributed by atoms with Crippen LogP contribution in [0.15, 0.2) is 24.8 Å². The number of nitrogens with zero attached hydrogens (tertiary/aromatic N) is 4. The van der Waals surface area contributed by atoms with E-state index < -0.39 is 5.97 Å². The van der Waals surface area contributed by atoms with Crippen molar-refractivity contribution in [3.8, 4) is 11.6 Å². The summed E-state index contributed by atoms with van der Waals surface area (Å²) < 4.78 is 7.07. The van der Waals surface area contributed by atoms with Gasteiger partial charge in [0.05, 0.1) is 12.4 Å². The number of hydrogen-bond acceptors (Lipinski definition) is 5. The quantitative estimate of drug-likeness (QED) is 0.863. The van der Waals surface area contributed by atoms with Gasteiger partial charge in [0.1, 0.15) is 0 Å². The maximum absolute atomic E-state index is 10.9. The van der Waals surface area contributed by atoms with Gasteiger partial charge in [-0.15, -0.1) is 0 Å². The van der Waals surface area contributed by atoms with Gasteiger partial charge in [-0.25, -0.2) is 14.8 Å². The second-order valence-corrected chi connectivity index (χ2v) is 3.56. The van der Waals surface area contributed by atoms with Gasteiger partial charge < -0.3 is 9.84 Å². The van der Waals surface area contributed by atoms with E-state index >= 15 is 0 Å². The van der Waals surface area contributed by atoms with Crippen molar-refractivity contribution in [2.75, 3.05) is 0 Å². The maximum Gasteiger partial charge on any atom is 0.360 e. The Morgan fingerprint density at radius 3 is 2.94 bits per heavy atom. The molecule has 0 aliphatic carbocycles. The molecule has 7 nitrogen and oxygen atoms in total. The van der Waals surface area contributed by atoms with E-state index in [-0.39, 0.29) is 11.6 Å². The summed E-state index contributed by atoms with van der Waals surface area (Å²) in [6.45, 7) is 2.81. The molecule has 0 unspecified atom stereocenters. The summed E-state index contributed by atoms with van der Waals surface area (Å²) in [6, 6.07) is 0. The van der Waals surface area contributed by atoms with Crippen LogP contribution in [0.2, 0.25) is 0 Å². The summed E-state index contributed by atoms with van der Waals surface area (Å²) in [7, 11) is 0. The molecule has 0 atom stereocenters. The molecule has 18 heavy (non-hydrogen) atoms. The zero-order valence-corrected chi connectivity index (χ0v) is 9.78. The molecule has 94 valence electrons. The van der Waals surface area contributed by atoms with Crippen LogP contribution < -0.4 is 4.74 Å². The summed E-state index contributed by atoms with van der Waals surface area (Å²) in [4.78, 5) is 18.5. The molecule has 0 aromatic carbocycles. The third kappa shape index (κ3) is 2.62. The molecule has 0 saturated heterocycles. The van der Waals surface area contributed by atoms with E-state index in [1.807, 2.05) is 6.92 Å². The van der Waals surface area contributed by atoms with Gasteiger partial charge in [-0.1, -0.05) is 6.92 Å². The summed E-state index contributed by atoms with van der Waals surface area (Å²) in [5, 5.41) is 13.0. The van der Waals surface area contributed by atoms with Crippen molar-refractivity contribution < 1.29 is 14.6 Å². The van der Waals surface area contributed by atoms with Crippen LogP contribution in [-0.4, -0.2) is 30.8 Å². The number of hydrogen-bond donors (Lipinski definition) is 1. The lowest BCUT2D eigenvalue weighted by atomic mass is 10.4. The first-order valence-corrected chi connectivity index (χ1v) is 5.45. The topological polar surface area (TPSA) is 90.1 Å². The average Bonchev–Trinajstić information content (AvgIpc) is 2.77. The number of ether oxygens (including phenoxy) is 1. The van der Waals surface area contributed by atoms with E-state index in [0.29, 0.717) is 5.75 Å². The third-order valence-electron chi connectivity index (χ3n) is 2.14. The minimum Gasteiger partial charge on any atom is -0.476 e. The van der Waals surface area contributed by atoms with Crippen LogP contribution in [0, 0.1) is 0 Å². The number of carboxylic acids is 1. The number of carboxylic acid groups (broad SMARTS) is 1. The molecule has 0 fully saturated rings. The monoisotopic (exact) mass is 248 g/mol. The van der Waals surface area contributed by atoms with Crippen LogP contribution in [-0.2, 0) is 6.54 Å². The molecule has 1 N–H and O–H groups in total. The Bertz CT molecular complexity index is 553. The second-order valence-electron chi connectivity index (χ2n) is 3.56. The molecule has 0 spiro atoms. The molecular formula is C11H12N4O3. The lowest BCUT2D eigenvalue weighted by Gasteiger charge is -2.03. The molecule has 0 saturated carbocycles. The van der Waals surface area contributed by atoms with Gasteiger partial charge in [0.2, 0.25) is 5.69 Å². The molecule has 2 rings (SSSR count). The summed E-state index contributed by atoms with van der Waals surface area (Å²) in [5.41, 5.74) is -0.222. The normalized spacial score (nSPS) is 10.3. The van der Waals surface area contributed by atoms with Crippen molar-refractivity contribution in [1.82, 2.24) is 19.7 Å². The molecule has 7 heteroatoms. The standard InChI is InChI=1S/C11H12N4O3/c1-2-5-15-7-8(6-14-15)18-10-9(11(16)17)12-3-4-13-10/h3-4,6-7H,2,5H2,1H3,(H,16,17). The van der Waals surface area contributed by atoms with Crippen LogP contribution in [0.1, 0.15) is 23.8 Å². The van der Waals surface area contributed by atoms with Gasteiger partial charge in [-0.2, -0.15) is 5.10 Å². The van der Waals surface area contributed by atoms with Gasteiger partial charge in [0.15, 0.2) is 5.75 Å². The fraction of sp³-hybridized carbons (Fsp3) is 0.273. The Labute approximate surface area is 103 Å². The Balaban J connectivity index is 2.20. The fourth-order valence-corrected chi connectivity index (χ4v) is 1.41. The van der Waals surface area contributed by atoms with E-state index in [1.165, 1.54) is 18.6 Å². The van der Waals surface area contributed by atoms with E-state index in [1.54, 1.807) is 10.9 Å². The molecule has 0 aliphatic rings. The van der Waals surface area contributed by atoms with E-state index in [9.17, 15) is 4.79 Å². The van der Waals surface area contributed by atoms with Gasteiger partial charge in [0.25, 0.3) is 5.88 Å². The van der Waals surface area contributed by atoms with Crippen LogP contribution >= 0.6 is 0 Å². The maximum atomic E-state index is 10.9. The molecule has 0 aliphatic heterocycles. The number of rotatable bonds is 5. The largest absolute Gasteiger partial charge is 0.476 e. The van der Waals surface area contributed by atoms with Crippen molar-refractivity contribution in [2.45, 2.75) is 19.9 Å². The van der Waals surface area contributed by atoms with Crippen LogP contribution in [0.5, 0.6) is 11.6 Å². The highest BCUT2D eigenvalue weighted by molar-refractivity contribution is 5.87. The summed E-state index contributed by atoms with van der Waals surface area (Å²) in [6.07, 6.45) is 6.82. The Hall–Kier alpha value is -2.44. The van der Waals surface area contributed by atoms with Crippen molar-refractivity contribution in [1.29, 1.82) is 0 Å². The molecule has 0 bridgehead atoms. The fourth-order valence-electron chi connectivity index (χ4n) is 1.41. The van der Waals surface area contributed by atoms with Gasteiger partial charge in [-0.3, -0.25) is 4.68 Å². The number of aromatic nitrogens is 4. The van der Waals surface area contributed by atoms with Crippen molar-refractivity contribution in [2.24, 2.45) is 0 Å². The van der Waals surface area contributed by atoms with E-state index in [0.717, 1.165) is 13.0 Å². The van der Waals surface area contributed by atoms with Gasteiger partial charge in [0, 0.05) is 18.9 Å². The zero-order valence-electron chi connectivity index (χ0n) is 9.78. The first-order valence-electron chi connectivity index (χ1n) is 5.45. The summed E-state index contributed by atoms with van der Waals surface area (Å²) in [5.74, 6) is -0.786. The minimum absolute atomic E-state index is 0.0407. The lowest BCUT2D eigenvalue weighted by molar-refractivity contribution is 0.0686. The highest BCUT2D eigenvalue weighted by atomic mass is 16.5. The molecule has 2 aromatic heterocycles. The first kappa shape index (κ1) is 12.0. The third-order valence-corrected chi connectivity index (χ3v) is 2.14. The first-order chi connectivity index (χ1) is 8.70. The van der Waals surface area contributed by atoms with Crippen molar-refractivity contribution >= 4 is 5.97 Å². The molecule has 2 heterocycles. The lowest BCUT2D eigenvalue weighted by Crippen LogP contribution is -2.04. The van der Waals surface area contributed by atoms with E-state index in [2.05, 4.69) is 15.1 Å². The number of aromatic carboxylic acids is 1. The number of aryl methyl sites for hydroxylation is 1. The Morgan fingerprint density at radius 1 is 1.44 bits per heavy atom. The van der Waals surface area contributed by atoms with Crippen molar-refractivity contribution in [3.63, 3.8) is 0 Å². The highest BCUT2D eigenvalue weighted by Gasteiger charge is 2.15. The SMILES string of the molecule is CCCn1cc(Oc2nccnc2C(=O)O)cn1. The predicted molar refractivity (Wildman–Crippen MR) is 61.6 cm³/mol. The Morgan fingerprint density at radius 2 is 2.22 bits per heavy atom. The second kappa shape index (κ2) is 5.26. The Kier molecular flexibility index (Phi) is 3.52. The average molecular weight is 248 g/mol. The molecule has 0 radical (unpaired) electrons. The van der Waals surface area contributed by atoms with Crippen LogP contribution in [0.3, 0.4) is 0 Å². The molecule has 2 aromatic rings. The van der Waals surface area contributed by atoms with E-state index in [4.69, 9.17) is 9.84 Å². The zero-order chi connectivity index (χ0) is 13.0. The smallest absolute Gasteiger partial charge is 0.360 e. The van der Waals surface area contributed by atoms with Crippen LogP contribution in [0.25, 0.3) is 0 Å².